The van der Waals surface area contributed by atoms with Crippen LogP contribution in [0.2, 0.25) is 0 Å². The lowest BCUT2D eigenvalue weighted by molar-refractivity contribution is 0.0952. The first-order valence-electron chi connectivity index (χ1n) is 6.86. The summed E-state index contributed by atoms with van der Waals surface area (Å²) < 4.78 is 0. The number of nitrogens with one attached hydrogen (secondary N) is 1. The number of carbonyl (C=O) groups is 1. The Morgan fingerprint density at radius 1 is 1.14 bits per heavy atom. The van der Waals surface area contributed by atoms with Gasteiger partial charge in [0, 0.05) is 11.1 Å². The molecule has 2 aromatic rings. The quantitative estimate of drug-likeness (QED) is 0.652. The molecule has 0 atom stereocenters. The molecule has 0 aromatic heterocycles. The normalized spacial score (nSPS) is 12.5. The van der Waals surface area contributed by atoms with Crippen molar-refractivity contribution < 1.29 is 9.90 Å². The van der Waals surface area contributed by atoms with Crippen LogP contribution in [-0.2, 0) is 0 Å². The largest absolute Gasteiger partial charge is 0.507 e. The van der Waals surface area contributed by atoms with Crippen molar-refractivity contribution in [3.63, 3.8) is 0 Å². The fourth-order valence-corrected chi connectivity index (χ4v) is 1.77. The molecule has 0 aliphatic rings. The molecule has 0 spiro atoms. The molecule has 110 valence electrons. The number of phenolic OH excluding ortho intramolecular Hbond substituents is 1. The van der Waals surface area contributed by atoms with Crippen LogP contribution >= 0.6 is 0 Å². The van der Waals surface area contributed by atoms with E-state index in [0.717, 1.165) is 16.5 Å². The summed E-state index contributed by atoms with van der Waals surface area (Å²) >= 11 is 0. The molecule has 2 rings (SSSR count). The maximum atomic E-state index is 12.2. The summed E-state index contributed by atoms with van der Waals surface area (Å²) in [5.41, 5.74) is 3.42. The van der Waals surface area contributed by atoms with Gasteiger partial charge < -0.3 is 5.11 Å². The first-order valence-corrected chi connectivity index (χ1v) is 6.86. The van der Waals surface area contributed by atoms with Crippen molar-refractivity contribution in [1.82, 2.24) is 5.43 Å². The summed E-state index contributed by atoms with van der Waals surface area (Å²) in [5.74, 6) is -0.461. The minimum absolute atomic E-state index is 0.0465. The van der Waals surface area contributed by atoms with Crippen molar-refractivity contribution in [2.75, 3.05) is 0 Å². The van der Waals surface area contributed by atoms with Gasteiger partial charge in [0.2, 0.25) is 0 Å². The van der Waals surface area contributed by atoms with Crippen molar-refractivity contribution in [3.8, 4) is 5.75 Å². The standard InChI is InChI=1S/C17H20N2O2/c1-11(17(2,3)4)18-19-16(21)14-9-12-7-5-6-8-13(12)10-15(14)20/h5-10,20H,1-4H3,(H,19,21)/b18-11-. The molecule has 0 aliphatic heterocycles. The predicted molar refractivity (Wildman–Crippen MR) is 85.6 cm³/mol. The van der Waals surface area contributed by atoms with Gasteiger partial charge >= 0.3 is 0 Å². The highest BCUT2D eigenvalue weighted by molar-refractivity contribution is 6.02. The van der Waals surface area contributed by atoms with Gasteiger partial charge in [-0.05, 0) is 29.8 Å². The highest BCUT2D eigenvalue weighted by Gasteiger charge is 2.16. The molecule has 1 amide bonds. The van der Waals surface area contributed by atoms with Gasteiger partial charge in [0.15, 0.2) is 0 Å². The second-order valence-corrected chi connectivity index (χ2v) is 6.10. The number of fused-ring (bicyclic) bond motifs is 1. The SMILES string of the molecule is C/C(=N/NC(=O)c1cc2ccccc2cc1O)C(C)(C)C. The third-order valence-corrected chi connectivity index (χ3v) is 3.52. The fourth-order valence-electron chi connectivity index (χ4n) is 1.77. The van der Waals surface area contributed by atoms with E-state index in [-0.39, 0.29) is 16.7 Å². The van der Waals surface area contributed by atoms with E-state index in [1.54, 1.807) is 12.1 Å². The average Bonchev–Trinajstić information content (AvgIpc) is 2.42. The van der Waals surface area contributed by atoms with Crippen molar-refractivity contribution in [3.05, 3.63) is 42.0 Å². The highest BCUT2D eigenvalue weighted by atomic mass is 16.3. The zero-order valence-electron chi connectivity index (χ0n) is 12.8. The minimum Gasteiger partial charge on any atom is -0.507 e. The third-order valence-electron chi connectivity index (χ3n) is 3.52. The van der Waals surface area contributed by atoms with Crippen LogP contribution in [0.5, 0.6) is 5.75 Å². The van der Waals surface area contributed by atoms with Crippen LogP contribution in [0.1, 0.15) is 38.1 Å². The average molecular weight is 284 g/mol. The van der Waals surface area contributed by atoms with Gasteiger partial charge in [-0.1, -0.05) is 45.0 Å². The van der Waals surface area contributed by atoms with Crippen LogP contribution in [0.15, 0.2) is 41.5 Å². The van der Waals surface area contributed by atoms with Gasteiger partial charge in [-0.25, -0.2) is 5.43 Å². The number of nitrogens with zero attached hydrogens (tertiary/aromatic N) is 1. The number of rotatable bonds is 2. The zero-order valence-corrected chi connectivity index (χ0v) is 12.8. The zero-order chi connectivity index (χ0) is 15.6. The van der Waals surface area contributed by atoms with E-state index in [2.05, 4.69) is 10.5 Å². The predicted octanol–water partition coefficient (Wildman–Crippen LogP) is 3.70. The molecule has 0 bridgehead atoms. The number of aromatic hydroxyl groups is 1. The number of benzene rings is 2. The fraction of sp³-hybridized carbons (Fsp3) is 0.294. The van der Waals surface area contributed by atoms with Crippen molar-refractivity contribution in [2.24, 2.45) is 10.5 Å². The molecule has 0 saturated carbocycles. The topological polar surface area (TPSA) is 61.7 Å². The van der Waals surface area contributed by atoms with Crippen LogP contribution in [0.4, 0.5) is 0 Å². The third kappa shape index (κ3) is 3.40. The summed E-state index contributed by atoms with van der Waals surface area (Å²) in [6.07, 6.45) is 0. The van der Waals surface area contributed by atoms with E-state index in [1.807, 2.05) is 52.0 Å². The summed E-state index contributed by atoms with van der Waals surface area (Å²) in [6.45, 7) is 7.92. The van der Waals surface area contributed by atoms with Crippen molar-refractivity contribution in [2.45, 2.75) is 27.7 Å². The molecule has 0 radical (unpaired) electrons. The molecule has 2 aromatic carbocycles. The summed E-state index contributed by atoms with van der Waals surface area (Å²) in [5, 5.41) is 15.9. The smallest absolute Gasteiger partial charge is 0.275 e. The first kappa shape index (κ1) is 15.0. The lowest BCUT2D eigenvalue weighted by atomic mass is 9.91. The Bertz CT molecular complexity index is 712. The van der Waals surface area contributed by atoms with E-state index in [0.29, 0.717) is 0 Å². The minimum atomic E-state index is -0.415. The Morgan fingerprint density at radius 3 is 2.29 bits per heavy atom. The van der Waals surface area contributed by atoms with E-state index >= 15 is 0 Å². The molecule has 4 heteroatoms. The summed E-state index contributed by atoms with van der Waals surface area (Å²) in [7, 11) is 0. The van der Waals surface area contributed by atoms with Gasteiger partial charge in [0.25, 0.3) is 5.91 Å². The molecular formula is C17H20N2O2. The van der Waals surface area contributed by atoms with E-state index < -0.39 is 5.91 Å². The van der Waals surface area contributed by atoms with E-state index in [4.69, 9.17) is 0 Å². The number of carbonyl (C=O) groups excluding carboxylic acids is 1. The molecule has 0 unspecified atom stereocenters. The van der Waals surface area contributed by atoms with Crippen molar-refractivity contribution in [1.29, 1.82) is 0 Å². The molecule has 4 nitrogen and oxygen atoms in total. The Morgan fingerprint density at radius 2 is 1.71 bits per heavy atom. The molecule has 0 heterocycles. The molecular weight excluding hydrogens is 264 g/mol. The number of hydrogen-bond donors (Lipinski definition) is 2. The van der Waals surface area contributed by atoms with Gasteiger partial charge in [-0.2, -0.15) is 5.10 Å². The maximum Gasteiger partial charge on any atom is 0.275 e. The monoisotopic (exact) mass is 284 g/mol. The Balaban J connectivity index is 2.30. The van der Waals surface area contributed by atoms with Gasteiger partial charge in [0.05, 0.1) is 5.56 Å². The molecule has 21 heavy (non-hydrogen) atoms. The Labute approximate surface area is 124 Å². The molecule has 2 N–H and O–H groups in total. The van der Waals surface area contributed by atoms with Crippen LogP contribution in [0.25, 0.3) is 10.8 Å². The maximum absolute atomic E-state index is 12.2. The lowest BCUT2D eigenvalue weighted by Gasteiger charge is -2.17. The van der Waals surface area contributed by atoms with E-state index in [1.165, 1.54) is 0 Å². The number of amides is 1. The molecule has 0 fully saturated rings. The number of hydrogen-bond acceptors (Lipinski definition) is 3. The second-order valence-electron chi connectivity index (χ2n) is 6.10. The highest BCUT2D eigenvalue weighted by Crippen LogP contribution is 2.25. The Kier molecular flexibility index (Phi) is 3.98. The van der Waals surface area contributed by atoms with Crippen molar-refractivity contribution >= 4 is 22.4 Å². The van der Waals surface area contributed by atoms with Gasteiger partial charge in [-0.15, -0.1) is 0 Å². The van der Waals surface area contributed by atoms with Crippen LogP contribution < -0.4 is 5.43 Å². The van der Waals surface area contributed by atoms with Gasteiger partial charge in [-0.3, -0.25) is 4.79 Å². The summed E-state index contributed by atoms with van der Waals surface area (Å²) in [6, 6.07) is 10.8. The number of hydrazone groups is 1. The van der Waals surface area contributed by atoms with Crippen LogP contribution in [0, 0.1) is 5.41 Å². The molecule has 0 saturated heterocycles. The van der Waals surface area contributed by atoms with Crippen LogP contribution in [-0.4, -0.2) is 16.7 Å². The number of phenols is 1. The van der Waals surface area contributed by atoms with E-state index in [9.17, 15) is 9.90 Å². The molecule has 0 aliphatic carbocycles. The Hall–Kier alpha value is -2.36. The second kappa shape index (κ2) is 5.56. The summed E-state index contributed by atoms with van der Waals surface area (Å²) in [4.78, 5) is 12.2. The van der Waals surface area contributed by atoms with Gasteiger partial charge in [0.1, 0.15) is 5.75 Å². The lowest BCUT2D eigenvalue weighted by Crippen LogP contribution is -2.24. The van der Waals surface area contributed by atoms with Crippen LogP contribution in [0.3, 0.4) is 0 Å². The first-order chi connectivity index (χ1) is 9.79.